The minimum absolute atomic E-state index is 0.117. The number of oxazole rings is 1. The largest absolute Gasteiger partial charge is 0.443 e. The molecule has 1 rings (SSSR count). The molecule has 0 saturated carbocycles. The third-order valence-electron chi connectivity index (χ3n) is 3.16. The third-order valence-corrected chi connectivity index (χ3v) is 3.16. The van der Waals surface area contributed by atoms with Gasteiger partial charge in [-0.1, -0.05) is 20.8 Å². The second-order valence-corrected chi connectivity index (χ2v) is 6.57. The van der Waals surface area contributed by atoms with E-state index in [1.807, 2.05) is 20.8 Å². The lowest BCUT2D eigenvalue weighted by atomic mass is 9.94. The van der Waals surface area contributed by atoms with Crippen molar-refractivity contribution in [2.45, 2.75) is 38.9 Å². The second-order valence-electron chi connectivity index (χ2n) is 6.57. The number of guanidine groups is 1. The maximum absolute atomic E-state index is 12.2. The molecule has 1 aromatic rings. The van der Waals surface area contributed by atoms with Crippen molar-refractivity contribution in [1.29, 1.82) is 0 Å². The highest BCUT2D eigenvalue weighted by molar-refractivity contribution is 5.79. The van der Waals surface area contributed by atoms with Gasteiger partial charge in [0, 0.05) is 25.6 Å². The van der Waals surface area contributed by atoms with Crippen molar-refractivity contribution in [1.82, 2.24) is 20.5 Å². The Hall–Kier alpha value is -1.77. The van der Waals surface area contributed by atoms with Crippen molar-refractivity contribution in [2.75, 3.05) is 33.7 Å². The molecule has 2 N–H and O–H groups in total. The number of rotatable bonds is 6. The van der Waals surface area contributed by atoms with Crippen LogP contribution in [-0.2, 0) is 12.0 Å². The summed E-state index contributed by atoms with van der Waals surface area (Å²) in [4.78, 5) is 9.41. The van der Waals surface area contributed by atoms with Crippen LogP contribution in [0.1, 0.15) is 32.4 Å². The first-order valence-electron chi connectivity index (χ1n) is 7.66. The van der Waals surface area contributed by atoms with E-state index in [0.29, 0.717) is 24.9 Å². The van der Waals surface area contributed by atoms with Crippen LogP contribution in [0.4, 0.5) is 13.2 Å². The lowest BCUT2D eigenvalue weighted by Crippen LogP contribution is -2.42. The van der Waals surface area contributed by atoms with Crippen molar-refractivity contribution in [3.8, 4) is 0 Å². The number of hydrogen-bond acceptors (Lipinski definition) is 4. The van der Waals surface area contributed by atoms with Gasteiger partial charge in [0.25, 0.3) is 0 Å². The fourth-order valence-electron chi connectivity index (χ4n) is 1.87. The first-order chi connectivity index (χ1) is 11.0. The molecule has 24 heavy (non-hydrogen) atoms. The zero-order valence-corrected chi connectivity index (χ0v) is 14.8. The van der Waals surface area contributed by atoms with Crippen LogP contribution in [0.2, 0.25) is 0 Å². The van der Waals surface area contributed by atoms with Crippen LogP contribution >= 0.6 is 0 Å². The van der Waals surface area contributed by atoms with E-state index in [1.165, 1.54) is 11.9 Å². The smallest absolute Gasteiger partial charge is 0.401 e. The molecular weight excluding hydrogens is 323 g/mol. The van der Waals surface area contributed by atoms with Crippen molar-refractivity contribution < 1.29 is 17.6 Å². The summed E-state index contributed by atoms with van der Waals surface area (Å²) in [6.45, 7) is 6.08. The molecule has 0 aliphatic heterocycles. The molecule has 9 heteroatoms. The van der Waals surface area contributed by atoms with E-state index in [-0.39, 0.29) is 12.0 Å². The van der Waals surface area contributed by atoms with Gasteiger partial charge in [0.2, 0.25) is 5.89 Å². The van der Waals surface area contributed by atoms with Crippen LogP contribution in [0, 0.1) is 0 Å². The van der Waals surface area contributed by atoms with E-state index in [0.717, 1.165) is 5.76 Å². The molecule has 0 saturated heterocycles. The minimum Gasteiger partial charge on any atom is -0.443 e. The molecule has 0 unspecified atom stereocenters. The quantitative estimate of drug-likeness (QED) is 0.608. The van der Waals surface area contributed by atoms with Gasteiger partial charge in [-0.3, -0.25) is 9.89 Å². The van der Waals surface area contributed by atoms with Gasteiger partial charge in [0.15, 0.2) is 5.96 Å². The molecular formula is C15H26F3N5O. The van der Waals surface area contributed by atoms with E-state index >= 15 is 0 Å². The first kappa shape index (κ1) is 20.3. The number of nitrogens with one attached hydrogen (secondary N) is 2. The van der Waals surface area contributed by atoms with Crippen LogP contribution in [0.5, 0.6) is 0 Å². The Balaban J connectivity index is 2.37. The lowest BCUT2D eigenvalue weighted by Gasteiger charge is -2.19. The fourth-order valence-corrected chi connectivity index (χ4v) is 1.87. The molecule has 0 aliphatic rings. The highest BCUT2D eigenvalue weighted by atomic mass is 19.4. The number of aliphatic imine (C=N–C) groups is 1. The highest BCUT2D eigenvalue weighted by Crippen LogP contribution is 2.22. The van der Waals surface area contributed by atoms with E-state index in [4.69, 9.17) is 4.42 Å². The Bertz CT molecular complexity index is 534. The summed E-state index contributed by atoms with van der Waals surface area (Å²) < 4.78 is 42.4. The Morgan fingerprint density at radius 3 is 2.46 bits per heavy atom. The highest BCUT2D eigenvalue weighted by Gasteiger charge is 2.28. The molecule has 0 atom stereocenters. The van der Waals surface area contributed by atoms with Gasteiger partial charge in [0.1, 0.15) is 5.76 Å². The van der Waals surface area contributed by atoms with Crippen molar-refractivity contribution >= 4 is 5.96 Å². The van der Waals surface area contributed by atoms with E-state index < -0.39 is 12.7 Å². The van der Waals surface area contributed by atoms with Crippen LogP contribution in [-0.4, -0.2) is 55.7 Å². The Labute approximate surface area is 140 Å². The lowest BCUT2D eigenvalue weighted by molar-refractivity contribution is -0.142. The van der Waals surface area contributed by atoms with Crippen molar-refractivity contribution in [3.05, 3.63) is 17.8 Å². The van der Waals surface area contributed by atoms with Crippen LogP contribution in [0.3, 0.4) is 0 Å². The predicted molar refractivity (Wildman–Crippen MR) is 87.0 cm³/mol. The van der Waals surface area contributed by atoms with E-state index in [2.05, 4.69) is 20.6 Å². The standard InChI is InChI=1S/C15H26F3N5O/c1-14(2,3)11-8-21-12(24-11)9-22-13(19-4)20-6-7-23(5)10-15(16,17)18/h8H,6-7,9-10H2,1-5H3,(H2,19,20,22). The summed E-state index contributed by atoms with van der Waals surface area (Å²) in [5, 5.41) is 5.97. The number of halogens is 3. The first-order valence-corrected chi connectivity index (χ1v) is 7.66. The van der Waals surface area contributed by atoms with Gasteiger partial charge < -0.3 is 15.1 Å². The van der Waals surface area contributed by atoms with E-state index in [9.17, 15) is 13.2 Å². The Morgan fingerprint density at radius 2 is 1.96 bits per heavy atom. The molecule has 0 aliphatic carbocycles. The van der Waals surface area contributed by atoms with Gasteiger partial charge in [-0.05, 0) is 7.05 Å². The fraction of sp³-hybridized carbons (Fsp3) is 0.733. The maximum atomic E-state index is 12.2. The Kier molecular flexibility index (Phi) is 7.07. The van der Waals surface area contributed by atoms with Crippen molar-refractivity contribution in [2.24, 2.45) is 4.99 Å². The van der Waals surface area contributed by atoms with Crippen LogP contribution < -0.4 is 10.6 Å². The van der Waals surface area contributed by atoms with Gasteiger partial charge in [-0.25, -0.2) is 4.98 Å². The summed E-state index contributed by atoms with van der Waals surface area (Å²) in [6.07, 6.45) is -2.50. The topological polar surface area (TPSA) is 65.7 Å². The number of likely N-dealkylation sites (N-methyl/N-ethyl adjacent to an activating group) is 1. The SMILES string of the molecule is CN=C(NCCN(C)CC(F)(F)F)NCc1ncc(C(C)(C)C)o1. The molecule has 0 radical (unpaired) electrons. The van der Waals surface area contributed by atoms with Gasteiger partial charge in [0.05, 0.1) is 19.3 Å². The monoisotopic (exact) mass is 349 g/mol. The minimum atomic E-state index is -4.19. The molecule has 138 valence electrons. The zero-order valence-electron chi connectivity index (χ0n) is 14.8. The molecule has 6 nitrogen and oxygen atoms in total. The summed E-state index contributed by atoms with van der Waals surface area (Å²) in [5.41, 5.74) is -0.117. The van der Waals surface area contributed by atoms with Gasteiger partial charge >= 0.3 is 6.18 Å². The maximum Gasteiger partial charge on any atom is 0.401 e. The van der Waals surface area contributed by atoms with Gasteiger partial charge in [-0.15, -0.1) is 0 Å². The molecule has 0 bridgehead atoms. The molecule has 1 heterocycles. The van der Waals surface area contributed by atoms with Gasteiger partial charge in [-0.2, -0.15) is 13.2 Å². The van der Waals surface area contributed by atoms with Crippen LogP contribution in [0.15, 0.2) is 15.6 Å². The van der Waals surface area contributed by atoms with Crippen LogP contribution in [0.25, 0.3) is 0 Å². The molecule has 0 amide bonds. The summed E-state index contributed by atoms with van der Waals surface area (Å²) >= 11 is 0. The number of aromatic nitrogens is 1. The molecule has 0 fully saturated rings. The van der Waals surface area contributed by atoms with E-state index in [1.54, 1.807) is 13.2 Å². The number of nitrogens with zero attached hydrogens (tertiary/aromatic N) is 3. The Morgan fingerprint density at radius 1 is 1.29 bits per heavy atom. The van der Waals surface area contributed by atoms with Crippen molar-refractivity contribution in [3.63, 3.8) is 0 Å². The zero-order chi connectivity index (χ0) is 18.4. The summed E-state index contributed by atoms with van der Waals surface area (Å²) in [6, 6.07) is 0. The summed E-state index contributed by atoms with van der Waals surface area (Å²) in [7, 11) is 3.01. The number of alkyl halides is 3. The molecule has 0 spiro atoms. The normalized spacial score (nSPS) is 13.5. The average molecular weight is 349 g/mol. The predicted octanol–water partition coefficient (Wildman–Crippen LogP) is 2.13. The average Bonchev–Trinajstić information content (AvgIpc) is 2.89. The summed E-state index contributed by atoms with van der Waals surface area (Å²) in [5.74, 6) is 1.79. The second kappa shape index (κ2) is 8.36. The third kappa shape index (κ3) is 7.67. The molecule has 0 aromatic carbocycles. The molecule has 1 aromatic heterocycles. The number of hydrogen-bond donors (Lipinski definition) is 2.